The van der Waals surface area contributed by atoms with Gasteiger partial charge >= 0.3 is 0 Å². The van der Waals surface area contributed by atoms with E-state index in [4.69, 9.17) is 9.84 Å². The van der Waals surface area contributed by atoms with Crippen LogP contribution in [0.2, 0.25) is 0 Å². The highest BCUT2D eigenvalue weighted by Gasteiger charge is 2.03. The van der Waals surface area contributed by atoms with Gasteiger partial charge in [0.2, 0.25) is 0 Å². The summed E-state index contributed by atoms with van der Waals surface area (Å²) in [5.41, 5.74) is 2.73. The van der Waals surface area contributed by atoms with E-state index in [1.54, 1.807) is 18.3 Å². The number of hydrogen-bond donors (Lipinski definition) is 1. The molecule has 0 saturated carbocycles. The van der Waals surface area contributed by atoms with E-state index < -0.39 is 4.92 Å². The molecule has 0 unspecified atom stereocenters. The van der Waals surface area contributed by atoms with Crippen molar-refractivity contribution in [2.45, 2.75) is 45.4 Å². The Bertz CT molecular complexity index is 773. The zero-order valence-electron chi connectivity index (χ0n) is 16.3. The lowest BCUT2D eigenvalue weighted by molar-refractivity contribution is -0.384. The molecular formula is C22H28N2O4. The van der Waals surface area contributed by atoms with E-state index in [1.165, 1.54) is 25.0 Å². The summed E-state index contributed by atoms with van der Waals surface area (Å²) >= 11 is 0. The van der Waals surface area contributed by atoms with Crippen LogP contribution >= 0.6 is 0 Å². The van der Waals surface area contributed by atoms with Gasteiger partial charge in [0.25, 0.3) is 5.69 Å². The van der Waals surface area contributed by atoms with Crippen LogP contribution in [-0.4, -0.2) is 29.5 Å². The molecule has 150 valence electrons. The quantitative estimate of drug-likeness (QED) is 0.231. The van der Waals surface area contributed by atoms with Crippen molar-refractivity contribution >= 4 is 17.6 Å². The summed E-state index contributed by atoms with van der Waals surface area (Å²) in [6, 6.07) is 12.1. The molecule has 6 nitrogen and oxygen atoms in total. The SMILES string of the molecule is Cc1cc(OCCCCCCCCO)ccc1N=Cc1ccc([N+](=O)[O-])cc1. The molecule has 2 aromatic carbocycles. The third-order valence-electron chi connectivity index (χ3n) is 4.45. The van der Waals surface area contributed by atoms with Gasteiger partial charge in [0.15, 0.2) is 0 Å². The minimum atomic E-state index is -0.416. The van der Waals surface area contributed by atoms with Gasteiger partial charge in [0.05, 0.1) is 17.2 Å². The fourth-order valence-corrected chi connectivity index (χ4v) is 2.80. The van der Waals surface area contributed by atoms with Gasteiger partial charge in [-0.1, -0.05) is 25.7 Å². The second-order valence-corrected chi connectivity index (χ2v) is 6.75. The van der Waals surface area contributed by atoms with Crippen molar-refractivity contribution in [3.63, 3.8) is 0 Å². The number of benzene rings is 2. The lowest BCUT2D eigenvalue weighted by atomic mass is 10.1. The van der Waals surface area contributed by atoms with Crippen LogP contribution in [0.5, 0.6) is 5.75 Å². The number of nitro groups is 1. The van der Waals surface area contributed by atoms with E-state index in [0.717, 1.165) is 48.2 Å². The summed E-state index contributed by atoms with van der Waals surface area (Å²) < 4.78 is 5.81. The minimum absolute atomic E-state index is 0.0694. The van der Waals surface area contributed by atoms with Crippen LogP contribution in [0.3, 0.4) is 0 Å². The molecule has 0 amide bonds. The number of non-ortho nitro benzene ring substituents is 1. The van der Waals surface area contributed by atoms with Crippen molar-refractivity contribution in [1.29, 1.82) is 0 Å². The van der Waals surface area contributed by atoms with Crippen LogP contribution in [0.4, 0.5) is 11.4 Å². The largest absolute Gasteiger partial charge is 0.494 e. The smallest absolute Gasteiger partial charge is 0.269 e. The molecule has 0 saturated heterocycles. The van der Waals surface area contributed by atoms with E-state index in [9.17, 15) is 10.1 Å². The number of aliphatic imine (C=N–C) groups is 1. The number of aliphatic hydroxyl groups is 1. The van der Waals surface area contributed by atoms with E-state index in [0.29, 0.717) is 6.61 Å². The Balaban J connectivity index is 1.79. The topological polar surface area (TPSA) is 85.0 Å². The first-order chi connectivity index (χ1) is 13.6. The number of ether oxygens (including phenoxy) is 1. The van der Waals surface area contributed by atoms with E-state index in [-0.39, 0.29) is 12.3 Å². The standard InChI is InChI=1S/C22H28N2O4/c1-18-16-21(28-15-7-5-3-2-4-6-14-25)12-13-22(18)23-17-19-8-10-20(11-9-19)24(26)27/h8-13,16-17,25H,2-7,14-15H2,1H3. The van der Waals surface area contributed by atoms with Crippen LogP contribution in [0.25, 0.3) is 0 Å². The number of rotatable bonds is 12. The molecule has 0 radical (unpaired) electrons. The van der Waals surface area contributed by atoms with Crippen LogP contribution < -0.4 is 4.74 Å². The summed E-state index contributed by atoms with van der Waals surface area (Å²) in [5.74, 6) is 0.840. The molecule has 6 heteroatoms. The molecule has 0 heterocycles. The zero-order valence-corrected chi connectivity index (χ0v) is 16.3. The maximum Gasteiger partial charge on any atom is 0.269 e. The van der Waals surface area contributed by atoms with Crippen LogP contribution in [0, 0.1) is 17.0 Å². The first-order valence-electron chi connectivity index (χ1n) is 9.73. The Morgan fingerprint density at radius 1 is 1.04 bits per heavy atom. The summed E-state index contributed by atoms with van der Waals surface area (Å²) in [4.78, 5) is 14.7. The van der Waals surface area contributed by atoms with Crippen molar-refractivity contribution in [3.05, 3.63) is 63.7 Å². The maximum atomic E-state index is 10.7. The van der Waals surface area contributed by atoms with Gasteiger partial charge in [-0.05, 0) is 61.2 Å². The second kappa shape index (κ2) is 11.9. The van der Waals surface area contributed by atoms with Crippen molar-refractivity contribution in [2.75, 3.05) is 13.2 Å². The van der Waals surface area contributed by atoms with Gasteiger partial charge in [-0.2, -0.15) is 0 Å². The van der Waals surface area contributed by atoms with Gasteiger partial charge in [-0.25, -0.2) is 0 Å². The first-order valence-corrected chi connectivity index (χ1v) is 9.73. The molecule has 0 aliphatic heterocycles. The summed E-state index contributed by atoms with van der Waals surface area (Å²) in [6.07, 6.45) is 8.21. The number of nitro benzene ring substituents is 1. The summed E-state index contributed by atoms with van der Waals surface area (Å²) in [5, 5.41) is 19.4. The third kappa shape index (κ3) is 7.48. The van der Waals surface area contributed by atoms with Crippen LogP contribution in [-0.2, 0) is 0 Å². The van der Waals surface area contributed by atoms with Crippen molar-refractivity contribution in [2.24, 2.45) is 4.99 Å². The molecule has 0 aliphatic carbocycles. The molecule has 2 aromatic rings. The Morgan fingerprint density at radius 2 is 1.71 bits per heavy atom. The van der Waals surface area contributed by atoms with Crippen molar-refractivity contribution < 1.29 is 14.8 Å². The van der Waals surface area contributed by atoms with Gasteiger partial charge < -0.3 is 9.84 Å². The predicted octanol–water partition coefficient (Wildman–Crippen LogP) is 5.37. The fraction of sp³-hybridized carbons (Fsp3) is 0.409. The second-order valence-electron chi connectivity index (χ2n) is 6.75. The van der Waals surface area contributed by atoms with Crippen molar-refractivity contribution in [3.8, 4) is 5.75 Å². The molecule has 2 rings (SSSR count). The molecule has 0 fully saturated rings. The normalized spacial score (nSPS) is 11.1. The summed E-state index contributed by atoms with van der Waals surface area (Å²) in [6.45, 7) is 2.97. The number of unbranched alkanes of at least 4 members (excludes halogenated alkanes) is 5. The molecule has 0 aliphatic rings. The average molecular weight is 384 g/mol. The monoisotopic (exact) mass is 384 g/mol. The zero-order chi connectivity index (χ0) is 20.2. The van der Waals surface area contributed by atoms with E-state index >= 15 is 0 Å². The number of aryl methyl sites for hydroxylation is 1. The highest BCUT2D eigenvalue weighted by Crippen LogP contribution is 2.24. The summed E-state index contributed by atoms with van der Waals surface area (Å²) in [7, 11) is 0. The molecule has 0 aromatic heterocycles. The fourth-order valence-electron chi connectivity index (χ4n) is 2.80. The number of hydrogen-bond acceptors (Lipinski definition) is 5. The van der Waals surface area contributed by atoms with Crippen molar-refractivity contribution in [1.82, 2.24) is 0 Å². The predicted molar refractivity (Wildman–Crippen MR) is 112 cm³/mol. The van der Waals surface area contributed by atoms with Crippen LogP contribution in [0.15, 0.2) is 47.5 Å². The molecule has 1 N–H and O–H groups in total. The number of aliphatic hydroxyl groups excluding tert-OH is 1. The van der Waals surface area contributed by atoms with E-state index in [1.807, 2.05) is 25.1 Å². The number of nitrogens with zero attached hydrogens (tertiary/aromatic N) is 2. The molecule has 0 bridgehead atoms. The van der Waals surface area contributed by atoms with Gasteiger partial charge in [-0.3, -0.25) is 15.1 Å². The molecule has 0 atom stereocenters. The molecule has 0 spiro atoms. The highest BCUT2D eigenvalue weighted by atomic mass is 16.6. The Morgan fingerprint density at radius 3 is 2.36 bits per heavy atom. The Hall–Kier alpha value is -2.73. The molecule has 28 heavy (non-hydrogen) atoms. The Labute approximate surface area is 166 Å². The van der Waals surface area contributed by atoms with Crippen LogP contribution in [0.1, 0.15) is 49.7 Å². The van der Waals surface area contributed by atoms with Gasteiger partial charge in [0, 0.05) is 25.0 Å². The maximum absolute atomic E-state index is 10.7. The first kappa shape index (κ1) is 21.6. The van der Waals surface area contributed by atoms with E-state index in [2.05, 4.69) is 4.99 Å². The Kier molecular flexibility index (Phi) is 9.15. The highest BCUT2D eigenvalue weighted by molar-refractivity contribution is 5.82. The average Bonchev–Trinajstić information content (AvgIpc) is 2.69. The lowest BCUT2D eigenvalue weighted by Gasteiger charge is -2.08. The third-order valence-corrected chi connectivity index (χ3v) is 4.45. The van der Waals surface area contributed by atoms with Gasteiger partial charge in [0.1, 0.15) is 5.75 Å². The van der Waals surface area contributed by atoms with Gasteiger partial charge in [-0.15, -0.1) is 0 Å². The lowest BCUT2D eigenvalue weighted by Crippen LogP contribution is -1.97. The minimum Gasteiger partial charge on any atom is -0.494 e. The molecular weight excluding hydrogens is 356 g/mol.